The summed E-state index contributed by atoms with van der Waals surface area (Å²) in [7, 11) is 0. The Kier molecular flexibility index (Phi) is 3.45. The standard InChI is InChI=1S/C18H13NO2S/c1-2-5-14-10-16(8-7-13(14)4-1)22-12-15-11-18(21-19-15)17-6-3-9-20-17/h1-11H,12H2. The van der Waals surface area contributed by atoms with Crippen molar-refractivity contribution in [3.8, 4) is 11.5 Å². The minimum Gasteiger partial charge on any atom is -0.461 e. The molecule has 4 heteroatoms. The topological polar surface area (TPSA) is 39.2 Å². The fraction of sp³-hybridized carbons (Fsp3) is 0.0556. The van der Waals surface area contributed by atoms with Gasteiger partial charge in [-0.2, -0.15) is 0 Å². The highest BCUT2D eigenvalue weighted by Gasteiger charge is 2.09. The normalized spacial score (nSPS) is 11.1. The molecule has 2 heterocycles. The predicted molar refractivity (Wildman–Crippen MR) is 87.7 cm³/mol. The summed E-state index contributed by atoms with van der Waals surface area (Å²) < 4.78 is 10.6. The van der Waals surface area contributed by atoms with Gasteiger partial charge in [0.1, 0.15) is 0 Å². The molecule has 0 saturated carbocycles. The molecule has 0 N–H and O–H groups in total. The zero-order valence-electron chi connectivity index (χ0n) is 11.7. The Morgan fingerprint density at radius 3 is 2.64 bits per heavy atom. The number of aromatic nitrogens is 1. The molecule has 0 amide bonds. The van der Waals surface area contributed by atoms with Crippen molar-refractivity contribution < 1.29 is 8.94 Å². The SMILES string of the molecule is c1coc(-c2cc(CSc3ccc4ccccc4c3)no2)c1. The van der Waals surface area contributed by atoms with E-state index in [-0.39, 0.29) is 0 Å². The second-order valence-corrected chi connectivity index (χ2v) is 6.01. The Morgan fingerprint density at radius 2 is 1.77 bits per heavy atom. The van der Waals surface area contributed by atoms with Crippen molar-refractivity contribution in [3.05, 3.63) is 72.6 Å². The molecule has 0 radical (unpaired) electrons. The van der Waals surface area contributed by atoms with E-state index < -0.39 is 0 Å². The van der Waals surface area contributed by atoms with Gasteiger partial charge >= 0.3 is 0 Å². The minimum atomic E-state index is 0.666. The monoisotopic (exact) mass is 307 g/mol. The summed E-state index contributed by atoms with van der Waals surface area (Å²) in [4.78, 5) is 1.22. The third-order valence-electron chi connectivity index (χ3n) is 3.43. The van der Waals surface area contributed by atoms with Crippen LogP contribution in [-0.4, -0.2) is 5.16 Å². The molecule has 0 aliphatic rings. The Balaban J connectivity index is 1.49. The zero-order valence-corrected chi connectivity index (χ0v) is 12.5. The molecule has 2 aromatic carbocycles. The molecule has 4 aromatic rings. The highest BCUT2D eigenvalue weighted by molar-refractivity contribution is 7.98. The lowest BCUT2D eigenvalue weighted by Gasteiger charge is -2.02. The van der Waals surface area contributed by atoms with Crippen LogP contribution in [0.2, 0.25) is 0 Å². The third-order valence-corrected chi connectivity index (χ3v) is 4.46. The predicted octanol–water partition coefficient (Wildman–Crippen LogP) is 5.38. The summed E-state index contributed by atoms with van der Waals surface area (Å²) in [5.41, 5.74) is 0.907. The molecule has 0 spiro atoms. The Hall–Kier alpha value is -2.46. The van der Waals surface area contributed by atoms with E-state index in [4.69, 9.17) is 8.94 Å². The number of furan rings is 1. The molecule has 0 fully saturated rings. The van der Waals surface area contributed by atoms with E-state index in [1.54, 1.807) is 18.0 Å². The summed E-state index contributed by atoms with van der Waals surface area (Å²) in [6.07, 6.45) is 1.63. The maximum absolute atomic E-state index is 5.31. The van der Waals surface area contributed by atoms with E-state index in [2.05, 4.69) is 47.6 Å². The van der Waals surface area contributed by atoms with Gasteiger partial charge in [-0.1, -0.05) is 35.5 Å². The van der Waals surface area contributed by atoms with Crippen molar-refractivity contribution in [1.29, 1.82) is 0 Å². The lowest BCUT2D eigenvalue weighted by molar-refractivity contribution is 0.413. The number of hydrogen-bond acceptors (Lipinski definition) is 4. The average molecular weight is 307 g/mol. The maximum atomic E-state index is 5.31. The fourth-order valence-electron chi connectivity index (χ4n) is 2.33. The van der Waals surface area contributed by atoms with E-state index in [0.29, 0.717) is 11.5 Å². The van der Waals surface area contributed by atoms with Crippen LogP contribution in [0.5, 0.6) is 0 Å². The lowest BCUT2D eigenvalue weighted by Crippen LogP contribution is -1.80. The maximum Gasteiger partial charge on any atom is 0.202 e. The highest BCUT2D eigenvalue weighted by Crippen LogP contribution is 2.28. The van der Waals surface area contributed by atoms with Crippen molar-refractivity contribution in [2.45, 2.75) is 10.6 Å². The van der Waals surface area contributed by atoms with E-state index in [9.17, 15) is 0 Å². The molecule has 3 nitrogen and oxygen atoms in total. The van der Waals surface area contributed by atoms with Crippen LogP contribution in [0.25, 0.3) is 22.3 Å². The van der Waals surface area contributed by atoms with E-state index in [1.807, 2.05) is 18.2 Å². The first-order valence-corrected chi connectivity index (χ1v) is 7.98. The lowest BCUT2D eigenvalue weighted by atomic mass is 10.1. The molecule has 0 saturated heterocycles. The van der Waals surface area contributed by atoms with Crippen LogP contribution in [0.4, 0.5) is 0 Å². The minimum absolute atomic E-state index is 0.666. The fourth-order valence-corrected chi connectivity index (χ4v) is 3.15. The summed E-state index contributed by atoms with van der Waals surface area (Å²) >= 11 is 1.75. The number of fused-ring (bicyclic) bond motifs is 1. The van der Waals surface area contributed by atoms with E-state index >= 15 is 0 Å². The van der Waals surface area contributed by atoms with Gasteiger partial charge in [-0.3, -0.25) is 0 Å². The average Bonchev–Trinajstić information content (AvgIpc) is 3.24. The second-order valence-electron chi connectivity index (χ2n) is 4.96. The van der Waals surface area contributed by atoms with Gasteiger partial charge in [0.25, 0.3) is 0 Å². The Morgan fingerprint density at radius 1 is 0.864 bits per heavy atom. The number of benzene rings is 2. The van der Waals surface area contributed by atoms with Crippen molar-refractivity contribution in [2.75, 3.05) is 0 Å². The van der Waals surface area contributed by atoms with E-state index in [1.165, 1.54) is 15.7 Å². The highest BCUT2D eigenvalue weighted by atomic mass is 32.2. The van der Waals surface area contributed by atoms with Gasteiger partial charge in [0.2, 0.25) is 5.76 Å². The van der Waals surface area contributed by atoms with Gasteiger partial charge in [-0.05, 0) is 35.0 Å². The van der Waals surface area contributed by atoms with Crippen LogP contribution >= 0.6 is 11.8 Å². The van der Waals surface area contributed by atoms with Gasteiger partial charge in [0, 0.05) is 16.7 Å². The zero-order chi connectivity index (χ0) is 14.8. The molecule has 0 atom stereocenters. The first-order chi connectivity index (χ1) is 10.9. The molecule has 0 bridgehead atoms. The van der Waals surface area contributed by atoms with Crippen molar-refractivity contribution in [1.82, 2.24) is 5.16 Å². The summed E-state index contributed by atoms with van der Waals surface area (Å²) in [5.74, 6) is 2.14. The molecular weight excluding hydrogens is 294 g/mol. The van der Waals surface area contributed by atoms with E-state index in [0.717, 1.165) is 11.4 Å². The largest absolute Gasteiger partial charge is 0.461 e. The van der Waals surface area contributed by atoms with Crippen molar-refractivity contribution in [3.63, 3.8) is 0 Å². The summed E-state index contributed by atoms with van der Waals surface area (Å²) in [6.45, 7) is 0. The van der Waals surface area contributed by atoms with Crippen LogP contribution in [0.1, 0.15) is 5.69 Å². The summed E-state index contributed by atoms with van der Waals surface area (Å²) in [5, 5.41) is 6.61. The molecule has 4 rings (SSSR count). The first kappa shape index (κ1) is 13.2. The second kappa shape index (κ2) is 5.73. The quantitative estimate of drug-likeness (QED) is 0.474. The number of thioether (sulfide) groups is 1. The van der Waals surface area contributed by atoms with Crippen LogP contribution < -0.4 is 0 Å². The Bertz CT molecular complexity index is 896. The van der Waals surface area contributed by atoms with Crippen LogP contribution in [0.3, 0.4) is 0 Å². The van der Waals surface area contributed by atoms with Crippen LogP contribution in [-0.2, 0) is 5.75 Å². The van der Waals surface area contributed by atoms with Gasteiger partial charge in [-0.25, -0.2) is 0 Å². The molecule has 2 aromatic heterocycles. The summed E-state index contributed by atoms with van der Waals surface area (Å²) in [6, 6.07) is 20.5. The molecule has 0 aliphatic carbocycles. The molecule has 108 valence electrons. The van der Waals surface area contributed by atoms with Gasteiger partial charge in [-0.15, -0.1) is 11.8 Å². The van der Waals surface area contributed by atoms with Crippen LogP contribution in [0.15, 0.2) is 80.8 Å². The number of rotatable bonds is 4. The number of hydrogen-bond donors (Lipinski definition) is 0. The van der Waals surface area contributed by atoms with Crippen molar-refractivity contribution in [2.24, 2.45) is 0 Å². The van der Waals surface area contributed by atoms with Crippen LogP contribution in [0, 0.1) is 0 Å². The smallest absolute Gasteiger partial charge is 0.202 e. The Labute approximate surface area is 131 Å². The molecule has 0 aliphatic heterocycles. The van der Waals surface area contributed by atoms with Gasteiger partial charge in [0.15, 0.2) is 5.76 Å². The molecule has 22 heavy (non-hydrogen) atoms. The molecule has 0 unspecified atom stereocenters. The van der Waals surface area contributed by atoms with Crippen molar-refractivity contribution >= 4 is 22.5 Å². The first-order valence-electron chi connectivity index (χ1n) is 6.99. The van der Waals surface area contributed by atoms with Gasteiger partial charge < -0.3 is 8.94 Å². The third kappa shape index (κ3) is 2.65. The molecular formula is C18H13NO2S. The van der Waals surface area contributed by atoms with Gasteiger partial charge in [0.05, 0.1) is 12.0 Å². The number of nitrogens with zero attached hydrogens (tertiary/aromatic N) is 1.